The Balaban J connectivity index is 2.36. The van der Waals surface area contributed by atoms with Crippen LogP contribution in [0.5, 0.6) is 5.75 Å². The van der Waals surface area contributed by atoms with E-state index in [0.29, 0.717) is 19.7 Å². The molecule has 0 radical (unpaired) electrons. The third kappa shape index (κ3) is 4.72. The summed E-state index contributed by atoms with van der Waals surface area (Å²) in [7, 11) is 0. The lowest BCUT2D eigenvalue weighted by Gasteiger charge is -2.19. The van der Waals surface area contributed by atoms with Gasteiger partial charge in [-0.2, -0.15) is 0 Å². The van der Waals surface area contributed by atoms with E-state index in [1.807, 2.05) is 44.2 Å². The molecule has 0 heterocycles. The first-order valence-corrected chi connectivity index (χ1v) is 5.87. The van der Waals surface area contributed by atoms with E-state index in [4.69, 9.17) is 4.74 Å². The van der Waals surface area contributed by atoms with Gasteiger partial charge in [0, 0.05) is 6.54 Å². The number of hydrogen-bond acceptors (Lipinski definition) is 2. The van der Waals surface area contributed by atoms with Gasteiger partial charge in [0.25, 0.3) is 0 Å². The van der Waals surface area contributed by atoms with Crippen molar-refractivity contribution in [3.05, 3.63) is 42.5 Å². The molecule has 17 heavy (non-hydrogen) atoms. The zero-order valence-electron chi connectivity index (χ0n) is 10.4. The Morgan fingerprint density at radius 1 is 1.35 bits per heavy atom. The van der Waals surface area contributed by atoms with E-state index in [-0.39, 0.29) is 5.91 Å². The van der Waals surface area contributed by atoms with Gasteiger partial charge in [-0.15, -0.1) is 0 Å². The van der Waals surface area contributed by atoms with Crippen LogP contribution < -0.4 is 4.74 Å². The number of carbonyl (C=O) groups excluding carboxylic acids is 1. The van der Waals surface area contributed by atoms with Crippen molar-refractivity contribution in [3.63, 3.8) is 0 Å². The van der Waals surface area contributed by atoms with E-state index in [1.165, 1.54) is 0 Å². The van der Waals surface area contributed by atoms with Crippen molar-refractivity contribution in [1.82, 2.24) is 4.90 Å². The van der Waals surface area contributed by atoms with Crippen LogP contribution in [0.15, 0.2) is 42.5 Å². The van der Waals surface area contributed by atoms with Crippen LogP contribution in [0.3, 0.4) is 0 Å². The standard InChI is InChI=1S/C14H19NO2/c1-3-8-14(16)15(4-2)11-12-17-13-9-6-5-7-10-13/h3,5-10H,4,11-12H2,1-2H3. The second-order valence-electron chi connectivity index (χ2n) is 3.58. The molecule has 0 aliphatic rings. The molecule has 1 aromatic carbocycles. The zero-order valence-corrected chi connectivity index (χ0v) is 10.4. The Kier molecular flexibility index (Phi) is 5.86. The Labute approximate surface area is 103 Å². The first kappa shape index (κ1) is 13.3. The van der Waals surface area contributed by atoms with Crippen LogP contribution in [0, 0.1) is 0 Å². The maximum Gasteiger partial charge on any atom is 0.246 e. The highest BCUT2D eigenvalue weighted by Gasteiger charge is 2.07. The lowest BCUT2D eigenvalue weighted by molar-refractivity contribution is -0.126. The summed E-state index contributed by atoms with van der Waals surface area (Å²) in [6.45, 7) is 5.62. The molecule has 0 unspecified atom stereocenters. The largest absolute Gasteiger partial charge is 0.492 e. The lowest BCUT2D eigenvalue weighted by Crippen LogP contribution is -2.33. The lowest BCUT2D eigenvalue weighted by atomic mass is 10.3. The molecule has 0 fully saturated rings. The number of para-hydroxylation sites is 1. The molecule has 0 N–H and O–H groups in total. The van der Waals surface area contributed by atoms with Gasteiger partial charge in [0.1, 0.15) is 12.4 Å². The molecule has 0 spiro atoms. The van der Waals surface area contributed by atoms with Gasteiger partial charge in [-0.1, -0.05) is 24.3 Å². The molecule has 0 saturated carbocycles. The molecule has 1 rings (SSSR count). The molecule has 0 saturated heterocycles. The van der Waals surface area contributed by atoms with Crippen molar-refractivity contribution in [2.45, 2.75) is 13.8 Å². The number of amides is 1. The average Bonchev–Trinajstić information content (AvgIpc) is 2.36. The number of allylic oxidation sites excluding steroid dienone is 1. The molecule has 0 aliphatic carbocycles. The van der Waals surface area contributed by atoms with Gasteiger partial charge in [0.15, 0.2) is 0 Å². The quantitative estimate of drug-likeness (QED) is 0.706. The van der Waals surface area contributed by atoms with Crippen molar-refractivity contribution in [2.24, 2.45) is 0 Å². The summed E-state index contributed by atoms with van der Waals surface area (Å²) in [6, 6.07) is 9.62. The van der Waals surface area contributed by atoms with Crippen molar-refractivity contribution in [2.75, 3.05) is 19.7 Å². The third-order valence-electron chi connectivity index (χ3n) is 2.38. The molecule has 0 aliphatic heterocycles. The van der Waals surface area contributed by atoms with E-state index in [1.54, 1.807) is 17.1 Å². The number of carbonyl (C=O) groups is 1. The molecule has 0 atom stereocenters. The number of nitrogens with zero attached hydrogens (tertiary/aromatic N) is 1. The van der Waals surface area contributed by atoms with Gasteiger partial charge in [0.2, 0.25) is 5.91 Å². The second kappa shape index (κ2) is 7.49. The van der Waals surface area contributed by atoms with Crippen LogP contribution in [-0.2, 0) is 4.79 Å². The smallest absolute Gasteiger partial charge is 0.246 e. The van der Waals surface area contributed by atoms with Gasteiger partial charge in [-0.3, -0.25) is 4.79 Å². The monoisotopic (exact) mass is 233 g/mol. The average molecular weight is 233 g/mol. The van der Waals surface area contributed by atoms with Crippen LogP contribution in [0.4, 0.5) is 0 Å². The fourth-order valence-electron chi connectivity index (χ4n) is 1.46. The normalized spacial score (nSPS) is 10.5. The van der Waals surface area contributed by atoms with Crippen LogP contribution >= 0.6 is 0 Å². The van der Waals surface area contributed by atoms with E-state index >= 15 is 0 Å². The SMILES string of the molecule is CC=CC(=O)N(CC)CCOc1ccccc1. The molecule has 1 aromatic rings. The summed E-state index contributed by atoms with van der Waals surface area (Å²) in [4.78, 5) is 13.4. The van der Waals surface area contributed by atoms with E-state index in [0.717, 1.165) is 5.75 Å². The first-order chi connectivity index (χ1) is 8.27. The summed E-state index contributed by atoms with van der Waals surface area (Å²) in [5.74, 6) is 0.869. The van der Waals surface area contributed by atoms with E-state index in [9.17, 15) is 4.79 Å². The Morgan fingerprint density at radius 2 is 2.06 bits per heavy atom. The summed E-state index contributed by atoms with van der Waals surface area (Å²) in [5.41, 5.74) is 0. The minimum atomic E-state index is 0.0339. The van der Waals surface area contributed by atoms with Gasteiger partial charge < -0.3 is 9.64 Å². The molecule has 0 bridgehead atoms. The molecular formula is C14H19NO2. The van der Waals surface area contributed by atoms with Crippen molar-refractivity contribution in [1.29, 1.82) is 0 Å². The molecule has 0 aromatic heterocycles. The molecule has 3 heteroatoms. The van der Waals surface area contributed by atoms with Gasteiger partial charge in [-0.25, -0.2) is 0 Å². The fourth-order valence-corrected chi connectivity index (χ4v) is 1.46. The van der Waals surface area contributed by atoms with Gasteiger partial charge in [-0.05, 0) is 32.1 Å². The summed E-state index contributed by atoms with van der Waals surface area (Å²) in [5, 5.41) is 0. The molecular weight excluding hydrogens is 214 g/mol. The summed E-state index contributed by atoms with van der Waals surface area (Å²) in [6.07, 6.45) is 3.33. The van der Waals surface area contributed by atoms with Crippen LogP contribution in [0.1, 0.15) is 13.8 Å². The molecule has 3 nitrogen and oxygen atoms in total. The Bertz CT molecular complexity index is 360. The number of benzene rings is 1. The van der Waals surface area contributed by atoms with Crippen molar-refractivity contribution >= 4 is 5.91 Å². The predicted molar refractivity (Wildman–Crippen MR) is 69.0 cm³/mol. The minimum absolute atomic E-state index is 0.0339. The number of hydrogen-bond donors (Lipinski definition) is 0. The van der Waals surface area contributed by atoms with Gasteiger partial charge >= 0.3 is 0 Å². The van der Waals surface area contributed by atoms with E-state index < -0.39 is 0 Å². The van der Waals surface area contributed by atoms with Crippen molar-refractivity contribution < 1.29 is 9.53 Å². The van der Waals surface area contributed by atoms with E-state index in [2.05, 4.69) is 0 Å². The fraction of sp³-hybridized carbons (Fsp3) is 0.357. The topological polar surface area (TPSA) is 29.5 Å². The van der Waals surface area contributed by atoms with Crippen LogP contribution in [0.25, 0.3) is 0 Å². The van der Waals surface area contributed by atoms with Gasteiger partial charge in [0.05, 0.1) is 6.54 Å². The van der Waals surface area contributed by atoms with Crippen molar-refractivity contribution in [3.8, 4) is 5.75 Å². The predicted octanol–water partition coefficient (Wildman–Crippen LogP) is 2.49. The highest BCUT2D eigenvalue weighted by molar-refractivity contribution is 5.87. The highest BCUT2D eigenvalue weighted by atomic mass is 16.5. The minimum Gasteiger partial charge on any atom is -0.492 e. The Morgan fingerprint density at radius 3 is 2.65 bits per heavy atom. The molecule has 92 valence electrons. The number of ether oxygens (including phenoxy) is 1. The Hall–Kier alpha value is -1.77. The van der Waals surface area contributed by atoms with Crippen LogP contribution in [0.2, 0.25) is 0 Å². The first-order valence-electron chi connectivity index (χ1n) is 5.87. The second-order valence-corrected chi connectivity index (χ2v) is 3.58. The van der Waals surface area contributed by atoms with Crippen LogP contribution in [-0.4, -0.2) is 30.5 Å². The third-order valence-corrected chi connectivity index (χ3v) is 2.38. The zero-order chi connectivity index (χ0) is 12.5. The highest BCUT2D eigenvalue weighted by Crippen LogP contribution is 2.07. The molecule has 1 amide bonds. The number of rotatable bonds is 6. The number of likely N-dealkylation sites (N-methyl/N-ethyl adjacent to an activating group) is 1. The maximum atomic E-state index is 11.6. The summed E-state index contributed by atoms with van der Waals surface area (Å²) >= 11 is 0. The maximum absolute atomic E-state index is 11.6. The summed E-state index contributed by atoms with van der Waals surface area (Å²) < 4.78 is 5.55.